The third kappa shape index (κ3) is 2.31. The summed E-state index contributed by atoms with van der Waals surface area (Å²) >= 11 is 3.56. The molecule has 0 N–H and O–H groups in total. The summed E-state index contributed by atoms with van der Waals surface area (Å²) < 4.78 is 1.08. The number of aromatic nitrogens is 2. The molecule has 118 valence electrons. The Labute approximate surface area is 153 Å². The normalized spacial score (nSPS) is 11.4. The Bertz CT molecular complexity index is 1230. The predicted molar refractivity (Wildman–Crippen MR) is 108 cm³/mol. The summed E-state index contributed by atoms with van der Waals surface area (Å²) in [5.41, 5.74) is 4.31. The average molecular weight is 385 g/mol. The largest absolute Gasteiger partial charge is 0.252 e. The summed E-state index contributed by atoms with van der Waals surface area (Å²) in [5, 5.41) is 4.70. The first-order valence-electron chi connectivity index (χ1n) is 8.12. The number of halogens is 1. The van der Waals surface area contributed by atoms with Crippen LogP contribution in [0.5, 0.6) is 0 Å². The molecule has 5 aromatic rings. The van der Waals surface area contributed by atoms with Crippen LogP contribution in [0.15, 0.2) is 83.6 Å². The topological polar surface area (TPSA) is 25.8 Å². The highest BCUT2D eigenvalue weighted by Gasteiger charge is 2.11. The van der Waals surface area contributed by atoms with Gasteiger partial charge in [0.25, 0.3) is 0 Å². The van der Waals surface area contributed by atoms with Crippen molar-refractivity contribution in [3.8, 4) is 11.1 Å². The minimum absolute atomic E-state index is 0.956. The van der Waals surface area contributed by atoms with Crippen molar-refractivity contribution in [3.05, 3.63) is 83.6 Å². The summed E-state index contributed by atoms with van der Waals surface area (Å²) in [6, 6.07) is 23.4. The number of rotatable bonds is 1. The lowest BCUT2D eigenvalue weighted by Crippen LogP contribution is -1.89. The lowest BCUT2D eigenvalue weighted by atomic mass is 9.95. The van der Waals surface area contributed by atoms with Gasteiger partial charge in [-0.15, -0.1) is 0 Å². The van der Waals surface area contributed by atoms with Crippen LogP contribution >= 0.6 is 15.9 Å². The molecule has 0 aliphatic carbocycles. The van der Waals surface area contributed by atoms with Crippen molar-refractivity contribution in [2.24, 2.45) is 0 Å². The Morgan fingerprint density at radius 1 is 0.560 bits per heavy atom. The van der Waals surface area contributed by atoms with E-state index in [1.165, 1.54) is 21.9 Å². The van der Waals surface area contributed by atoms with Crippen LogP contribution in [0.3, 0.4) is 0 Å². The maximum Gasteiger partial charge on any atom is 0.0971 e. The highest BCUT2D eigenvalue weighted by Crippen LogP contribution is 2.35. The van der Waals surface area contributed by atoms with E-state index < -0.39 is 0 Å². The number of hydrogen-bond acceptors (Lipinski definition) is 2. The first kappa shape index (κ1) is 14.6. The molecule has 25 heavy (non-hydrogen) atoms. The standard InChI is InChI=1S/C22H13BrN2/c23-16-5-3-4-14(12-16)15-8-9-19-20(13-15)17-6-1-2-7-18(17)21-22(19)25-11-10-24-21/h1-13H. The molecule has 1 heterocycles. The first-order valence-corrected chi connectivity index (χ1v) is 8.92. The van der Waals surface area contributed by atoms with Crippen LogP contribution in [-0.2, 0) is 0 Å². The van der Waals surface area contributed by atoms with Crippen molar-refractivity contribution >= 4 is 48.5 Å². The van der Waals surface area contributed by atoms with Crippen molar-refractivity contribution in [1.82, 2.24) is 9.97 Å². The average Bonchev–Trinajstić information content (AvgIpc) is 2.68. The van der Waals surface area contributed by atoms with Gasteiger partial charge in [-0.2, -0.15) is 0 Å². The van der Waals surface area contributed by atoms with Crippen LogP contribution in [0.2, 0.25) is 0 Å². The van der Waals surface area contributed by atoms with Crippen LogP contribution in [0.25, 0.3) is 43.7 Å². The van der Waals surface area contributed by atoms with E-state index in [2.05, 4.69) is 86.6 Å². The van der Waals surface area contributed by atoms with Crippen LogP contribution in [0.1, 0.15) is 0 Å². The third-order valence-corrected chi connectivity index (χ3v) is 5.10. The van der Waals surface area contributed by atoms with Gasteiger partial charge in [0, 0.05) is 27.6 Å². The molecule has 0 atom stereocenters. The van der Waals surface area contributed by atoms with E-state index in [0.717, 1.165) is 26.3 Å². The Morgan fingerprint density at radius 3 is 2.00 bits per heavy atom. The van der Waals surface area contributed by atoms with Gasteiger partial charge in [0.1, 0.15) is 0 Å². The van der Waals surface area contributed by atoms with Gasteiger partial charge in [0.15, 0.2) is 0 Å². The van der Waals surface area contributed by atoms with Crippen molar-refractivity contribution in [2.45, 2.75) is 0 Å². The van der Waals surface area contributed by atoms with Gasteiger partial charge in [0.2, 0.25) is 0 Å². The lowest BCUT2D eigenvalue weighted by molar-refractivity contribution is 1.31. The Balaban J connectivity index is 1.93. The van der Waals surface area contributed by atoms with E-state index >= 15 is 0 Å². The molecule has 0 radical (unpaired) electrons. The maximum atomic E-state index is 4.61. The van der Waals surface area contributed by atoms with Gasteiger partial charge in [-0.1, -0.05) is 64.5 Å². The number of fused-ring (bicyclic) bond motifs is 6. The van der Waals surface area contributed by atoms with E-state index in [4.69, 9.17) is 0 Å². The Kier molecular flexibility index (Phi) is 3.28. The predicted octanol–water partition coefficient (Wildman–Crippen LogP) is 6.37. The molecular formula is C22H13BrN2. The zero-order valence-corrected chi connectivity index (χ0v) is 14.9. The van der Waals surface area contributed by atoms with Crippen molar-refractivity contribution in [2.75, 3.05) is 0 Å². The summed E-state index contributed by atoms with van der Waals surface area (Å²) in [5.74, 6) is 0. The van der Waals surface area contributed by atoms with E-state index in [-0.39, 0.29) is 0 Å². The van der Waals surface area contributed by atoms with Crippen molar-refractivity contribution in [1.29, 1.82) is 0 Å². The highest BCUT2D eigenvalue weighted by molar-refractivity contribution is 9.10. The lowest BCUT2D eigenvalue weighted by Gasteiger charge is -2.10. The smallest absolute Gasteiger partial charge is 0.0971 e. The number of nitrogens with zero attached hydrogens (tertiary/aromatic N) is 2. The van der Waals surface area contributed by atoms with Gasteiger partial charge < -0.3 is 0 Å². The van der Waals surface area contributed by atoms with Crippen LogP contribution in [-0.4, -0.2) is 9.97 Å². The fourth-order valence-corrected chi connectivity index (χ4v) is 3.88. The molecule has 0 unspecified atom stereocenters. The maximum absolute atomic E-state index is 4.61. The van der Waals surface area contributed by atoms with Crippen LogP contribution in [0, 0.1) is 0 Å². The molecule has 5 rings (SSSR count). The molecule has 0 fully saturated rings. The highest BCUT2D eigenvalue weighted by atomic mass is 79.9. The quantitative estimate of drug-likeness (QED) is 0.314. The van der Waals surface area contributed by atoms with E-state index in [1.54, 1.807) is 12.4 Å². The van der Waals surface area contributed by atoms with Crippen molar-refractivity contribution < 1.29 is 0 Å². The summed E-state index contributed by atoms with van der Waals surface area (Å²) in [7, 11) is 0. The van der Waals surface area contributed by atoms with Gasteiger partial charge in [-0.25, -0.2) is 0 Å². The van der Waals surface area contributed by atoms with E-state index in [1.807, 2.05) is 6.07 Å². The van der Waals surface area contributed by atoms with Crippen molar-refractivity contribution in [3.63, 3.8) is 0 Å². The monoisotopic (exact) mass is 384 g/mol. The number of benzene rings is 4. The minimum atomic E-state index is 0.956. The molecule has 1 aromatic heterocycles. The fourth-order valence-electron chi connectivity index (χ4n) is 3.48. The van der Waals surface area contributed by atoms with E-state index in [9.17, 15) is 0 Å². The second kappa shape index (κ2) is 5.64. The SMILES string of the molecule is Brc1cccc(-c2ccc3c(c2)c2ccccc2c2nccnc32)c1. The zero-order valence-electron chi connectivity index (χ0n) is 13.3. The van der Waals surface area contributed by atoms with Crippen LogP contribution in [0.4, 0.5) is 0 Å². The summed E-state index contributed by atoms with van der Waals surface area (Å²) in [6.45, 7) is 0. The molecule has 0 saturated heterocycles. The molecule has 0 aliphatic heterocycles. The van der Waals surface area contributed by atoms with Crippen LogP contribution < -0.4 is 0 Å². The van der Waals surface area contributed by atoms with Gasteiger partial charge in [-0.05, 0) is 40.1 Å². The summed E-state index contributed by atoms with van der Waals surface area (Å²) in [6.07, 6.45) is 3.52. The molecule has 0 spiro atoms. The molecule has 3 heteroatoms. The second-order valence-electron chi connectivity index (χ2n) is 6.07. The number of hydrogen-bond donors (Lipinski definition) is 0. The molecule has 2 nitrogen and oxygen atoms in total. The molecular weight excluding hydrogens is 372 g/mol. The third-order valence-electron chi connectivity index (χ3n) is 4.60. The first-order chi connectivity index (χ1) is 12.3. The molecule has 0 amide bonds. The Morgan fingerprint density at radius 2 is 1.24 bits per heavy atom. The molecule has 4 aromatic carbocycles. The van der Waals surface area contributed by atoms with Gasteiger partial charge >= 0.3 is 0 Å². The molecule has 0 saturated carbocycles. The zero-order chi connectivity index (χ0) is 16.8. The van der Waals surface area contributed by atoms with Gasteiger partial charge in [0.05, 0.1) is 11.0 Å². The second-order valence-corrected chi connectivity index (χ2v) is 6.99. The summed E-state index contributed by atoms with van der Waals surface area (Å²) in [4.78, 5) is 9.19. The van der Waals surface area contributed by atoms with E-state index in [0.29, 0.717) is 0 Å². The minimum Gasteiger partial charge on any atom is -0.252 e. The fraction of sp³-hybridized carbons (Fsp3) is 0. The molecule has 0 bridgehead atoms. The molecule has 0 aliphatic rings. The Hall–Kier alpha value is -2.78. The van der Waals surface area contributed by atoms with Gasteiger partial charge in [-0.3, -0.25) is 9.97 Å².